The fraction of sp³-hybridized carbons (Fsp3) is 0.769. The van der Waals surface area contributed by atoms with E-state index in [0.29, 0.717) is 18.9 Å². The van der Waals surface area contributed by atoms with Crippen LogP contribution in [0.2, 0.25) is 0 Å². The first-order valence-corrected chi connectivity index (χ1v) is 5.97. The minimum Gasteiger partial charge on any atom is -0.466 e. The van der Waals surface area contributed by atoms with Crippen LogP contribution in [-0.2, 0) is 9.53 Å². The summed E-state index contributed by atoms with van der Waals surface area (Å²) in [6, 6.07) is 0. The molecule has 0 aliphatic carbocycles. The number of allylic oxidation sites excluding steroid dienone is 1. The third-order valence-corrected chi connectivity index (χ3v) is 2.38. The third kappa shape index (κ3) is 9.51. The lowest BCUT2D eigenvalue weighted by molar-refractivity contribution is -0.144. The Labute approximate surface area is 93.7 Å². The van der Waals surface area contributed by atoms with Crippen molar-refractivity contribution >= 4 is 5.97 Å². The predicted octanol–water partition coefficient (Wildman–Crippen LogP) is 3.71. The van der Waals surface area contributed by atoms with Crippen LogP contribution in [0.5, 0.6) is 0 Å². The van der Waals surface area contributed by atoms with Crippen molar-refractivity contribution in [1.82, 2.24) is 0 Å². The van der Waals surface area contributed by atoms with E-state index in [-0.39, 0.29) is 5.97 Å². The molecular weight excluding hydrogens is 188 g/mol. The van der Waals surface area contributed by atoms with E-state index in [2.05, 4.69) is 20.4 Å². The fourth-order valence-corrected chi connectivity index (χ4v) is 1.39. The van der Waals surface area contributed by atoms with Crippen molar-refractivity contribution in [2.45, 2.75) is 52.4 Å². The van der Waals surface area contributed by atoms with E-state index < -0.39 is 0 Å². The molecule has 0 radical (unpaired) electrons. The van der Waals surface area contributed by atoms with Crippen LogP contribution in [0.4, 0.5) is 0 Å². The first-order valence-electron chi connectivity index (χ1n) is 5.97. The molecule has 0 N–H and O–H groups in total. The topological polar surface area (TPSA) is 26.3 Å². The van der Waals surface area contributed by atoms with Crippen LogP contribution < -0.4 is 0 Å². The first-order chi connectivity index (χ1) is 7.20. The summed E-state index contributed by atoms with van der Waals surface area (Å²) in [5, 5.41) is 0. The van der Waals surface area contributed by atoms with Crippen LogP contribution in [0.1, 0.15) is 52.4 Å². The van der Waals surface area contributed by atoms with E-state index in [1.807, 2.05) is 6.08 Å². The second-order valence-electron chi connectivity index (χ2n) is 4.10. The molecule has 0 aromatic carbocycles. The lowest BCUT2D eigenvalue weighted by atomic mass is 10.0. The zero-order valence-corrected chi connectivity index (χ0v) is 10.1. The van der Waals surface area contributed by atoms with Gasteiger partial charge in [-0.2, -0.15) is 0 Å². The van der Waals surface area contributed by atoms with Crippen LogP contribution in [0, 0.1) is 5.92 Å². The summed E-state index contributed by atoms with van der Waals surface area (Å²) in [7, 11) is 0. The predicted molar refractivity (Wildman–Crippen MR) is 63.7 cm³/mol. The standard InChI is InChI=1S/C13H24O2/c1-4-6-8-9-12(3)11-13(14)15-10-7-5-2/h4,12H,1,5-11H2,2-3H3/t12-/m0/s1. The minimum absolute atomic E-state index is 0.0467. The summed E-state index contributed by atoms with van der Waals surface area (Å²) in [6.45, 7) is 8.45. The zero-order valence-electron chi connectivity index (χ0n) is 10.1. The molecule has 0 amide bonds. The summed E-state index contributed by atoms with van der Waals surface area (Å²) in [5.41, 5.74) is 0. The number of hydrogen-bond donors (Lipinski definition) is 0. The molecule has 0 unspecified atom stereocenters. The Morgan fingerprint density at radius 3 is 2.80 bits per heavy atom. The normalized spacial score (nSPS) is 12.1. The maximum absolute atomic E-state index is 11.3. The van der Waals surface area contributed by atoms with Crippen molar-refractivity contribution in [3.8, 4) is 0 Å². The van der Waals surface area contributed by atoms with E-state index in [1.54, 1.807) is 0 Å². The average Bonchev–Trinajstić information content (AvgIpc) is 2.18. The number of esters is 1. The highest BCUT2D eigenvalue weighted by molar-refractivity contribution is 5.69. The van der Waals surface area contributed by atoms with Gasteiger partial charge in [0.2, 0.25) is 0 Å². The number of carbonyl (C=O) groups excluding carboxylic acids is 1. The molecule has 2 heteroatoms. The van der Waals surface area contributed by atoms with E-state index >= 15 is 0 Å². The second kappa shape index (κ2) is 9.75. The minimum atomic E-state index is -0.0467. The summed E-state index contributed by atoms with van der Waals surface area (Å²) < 4.78 is 5.10. The van der Waals surface area contributed by atoms with Crippen molar-refractivity contribution in [2.75, 3.05) is 6.61 Å². The van der Waals surface area contributed by atoms with Crippen molar-refractivity contribution < 1.29 is 9.53 Å². The molecule has 0 heterocycles. The Bertz CT molecular complexity index is 175. The number of carbonyl (C=O) groups is 1. The van der Waals surface area contributed by atoms with Gasteiger partial charge in [-0.1, -0.05) is 26.3 Å². The highest BCUT2D eigenvalue weighted by Crippen LogP contribution is 2.12. The lowest BCUT2D eigenvalue weighted by Crippen LogP contribution is -2.10. The summed E-state index contributed by atoms with van der Waals surface area (Å²) in [6.07, 6.45) is 7.75. The molecule has 0 aromatic heterocycles. The van der Waals surface area contributed by atoms with Crippen molar-refractivity contribution in [3.63, 3.8) is 0 Å². The number of ether oxygens (including phenoxy) is 1. The van der Waals surface area contributed by atoms with Crippen LogP contribution in [0.25, 0.3) is 0 Å². The molecule has 88 valence electrons. The van der Waals surface area contributed by atoms with Gasteiger partial charge in [-0.3, -0.25) is 4.79 Å². The number of unbranched alkanes of at least 4 members (excludes halogenated alkanes) is 2. The number of rotatable bonds is 9. The molecule has 0 spiro atoms. The molecule has 0 aliphatic rings. The smallest absolute Gasteiger partial charge is 0.306 e. The maximum atomic E-state index is 11.3. The van der Waals surface area contributed by atoms with Gasteiger partial charge in [0.25, 0.3) is 0 Å². The van der Waals surface area contributed by atoms with Gasteiger partial charge >= 0.3 is 5.97 Å². The Morgan fingerprint density at radius 2 is 2.20 bits per heavy atom. The Kier molecular flexibility index (Phi) is 9.24. The molecule has 0 rings (SSSR count). The average molecular weight is 212 g/mol. The van der Waals surface area contributed by atoms with Gasteiger partial charge in [-0.15, -0.1) is 6.58 Å². The molecule has 1 atom stereocenters. The van der Waals surface area contributed by atoms with Crippen LogP contribution in [0.3, 0.4) is 0 Å². The molecular formula is C13H24O2. The molecule has 0 aromatic rings. The van der Waals surface area contributed by atoms with Gasteiger partial charge in [0.1, 0.15) is 0 Å². The SMILES string of the molecule is C=CCCC[C@H](C)CC(=O)OCCCC. The molecule has 2 nitrogen and oxygen atoms in total. The van der Waals surface area contributed by atoms with Crippen molar-refractivity contribution in [3.05, 3.63) is 12.7 Å². The third-order valence-electron chi connectivity index (χ3n) is 2.38. The van der Waals surface area contributed by atoms with E-state index in [4.69, 9.17) is 4.74 Å². The van der Waals surface area contributed by atoms with Gasteiger partial charge in [-0.25, -0.2) is 0 Å². The van der Waals surface area contributed by atoms with Crippen molar-refractivity contribution in [1.29, 1.82) is 0 Å². The van der Waals surface area contributed by atoms with E-state index in [1.165, 1.54) is 0 Å². The summed E-state index contributed by atoms with van der Waals surface area (Å²) in [4.78, 5) is 11.3. The first kappa shape index (κ1) is 14.2. The molecule has 0 saturated heterocycles. The fourth-order valence-electron chi connectivity index (χ4n) is 1.39. The monoisotopic (exact) mass is 212 g/mol. The van der Waals surface area contributed by atoms with E-state index in [9.17, 15) is 4.79 Å². The summed E-state index contributed by atoms with van der Waals surface area (Å²) >= 11 is 0. The molecule has 0 fully saturated rings. The number of hydrogen-bond acceptors (Lipinski definition) is 2. The second-order valence-corrected chi connectivity index (χ2v) is 4.10. The zero-order chi connectivity index (χ0) is 11.5. The quantitative estimate of drug-likeness (QED) is 0.331. The lowest BCUT2D eigenvalue weighted by Gasteiger charge is -2.10. The van der Waals surface area contributed by atoms with Gasteiger partial charge in [-0.05, 0) is 31.6 Å². The highest BCUT2D eigenvalue weighted by atomic mass is 16.5. The molecule has 0 aliphatic heterocycles. The van der Waals surface area contributed by atoms with Crippen LogP contribution >= 0.6 is 0 Å². The van der Waals surface area contributed by atoms with Gasteiger partial charge < -0.3 is 4.74 Å². The largest absolute Gasteiger partial charge is 0.466 e. The molecule has 15 heavy (non-hydrogen) atoms. The highest BCUT2D eigenvalue weighted by Gasteiger charge is 2.09. The van der Waals surface area contributed by atoms with Crippen LogP contribution in [-0.4, -0.2) is 12.6 Å². The maximum Gasteiger partial charge on any atom is 0.306 e. The van der Waals surface area contributed by atoms with Gasteiger partial charge in [0.15, 0.2) is 0 Å². The molecule has 0 saturated carbocycles. The van der Waals surface area contributed by atoms with Gasteiger partial charge in [0.05, 0.1) is 6.61 Å². The Hall–Kier alpha value is -0.790. The van der Waals surface area contributed by atoms with Gasteiger partial charge in [0, 0.05) is 6.42 Å². The van der Waals surface area contributed by atoms with E-state index in [0.717, 1.165) is 32.1 Å². The molecule has 0 bridgehead atoms. The summed E-state index contributed by atoms with van der Waals surface area (Å²) in [5.74, 6) is 0.383. The Balaban J connectivity index is 3.44. The Morgan fingerprint density at radius 1 is 1.47 bits per heavy atom. The van der Waals surface area contributed by atoms with Crippen molar-refractivity contribution in [2.24, 2.45) is 5.92 Å². The van der Waals surface area contributed by atoms with Crippen LogP contribution in [0.15, 0.2) is 12.7 Å².